The summed E-state index contributed by atoms with van der Waals surface area (Å²) in [5.41, 5.74) is 4.12. The molecule has 4 nitrogen and oxygen atoms in total. The first-order valence-electron chi connectivity index (χ1n) is 5.82. The normalized spacial score (nSPS) is 20.0. The molecular formula is C13H18N2O2. The lowest BCUT2D eigenvalue weighted by atomic mass is 9.99. The highest BCUT2D eigenvalue weighted by Crippen LogP contribution is 2.34. The Labute approximate surface area is 101 Å². The Morgan fingerprint density at radius 2 is 2.18 bits per heavy atom. The van der Waals surface area contributed by atoms with Gasteiger partial charge in [0, 0.05) is 17.3 Å². The third-order valence-electron chi connectivity index (χ3n) is 3.06. The van der Waals surface area contributed by atoms with Crippen LogP contribution in [0, 0.1) is 13.8 Å². The number of rotatable bonds is 3. The summed E-state index contributed by atoms with van der Waals surface area (Å²) >= 11 is 0. The molecule has 0 saturated heterocycles. The van der Waals surface area contributed by atoms with E-state index in [9.17, 15) is 4.79 Å². The topological polar surface area (TPSA) is 61.4 Å². The Hall–Kier alpha value is -1.39. The molecule has 0 spiro atoms. The summed E-state index contributed by atoms with van der Waals surface area (Å²) in [5.74, 6) is -0.0472. The smallest absolute Gasteiger partial charge is 0.246 e. The van der Waals surface area contributed by atoms with E-state index in [2.05, 4.69) is 16.7 Å². The van der Waals surface area contributed by atoms with E-state index in [1.807, 2.05) is 26.8 Å². The molecule has 2 rings (SSSR count). The van der Waals surface area contributed by atoms with Crippen LogP contribution in [0.3, 0.4) is 0 Å². The lowest BCUT2D eigenvalue weighted by Crippen LogP contribution is -2.36. The number of anilines is 1. The summed E-state index contributed by atoms with van der Waals surface area (Å²) in [4.78, 5) is 11.9. The fraction of sp³-hybridized carbons (Fsp3) is 0.462. The maximum atomic E-state index is 11.9. The summed E-state index contributed by atoms with van der Waals surface area (Å²) in [6.45, 7) is 5.89. The van der Waals surface area contributed by atoms with Crippen LogP contribution < -0.4 is 10.6 Å². The third kappa shape index (κ3) is 2.18. The molecule has 0 fully saturated rings. The van der Waals surface area contributed by atoms with Gasteiger partial charge in [0.25, 0.3) is 0 Å². The van der Waals surface area contributed by atoms with E-state index in [0.717, 1.165) is 22.4 Å². The molecule has 3 N–H and O–H groups in total. The van der Waals surface area contributed by atoms with Crippen molar-refractivity contribution in [3.8, 4) is 0 Å². The number of carbonyl (C=O) groups is 1. The van der Waals surface area contributed by atoms with E-state index >= 15 is 0 Å². The van der Waals surface area contributed by atoms with Crippen LogP contribution in [0.15, 0.2) is 12.1 Å². The summed E-state index contributed by atoms with van der Waals surface area (Å²) in [7, 11) is 0. The molecule has 1 heterocycles. The van der Waals surface area contributed by atoms with Gasteiger partial charge >= 0.3 is 0 Å². The molecule has 2 atom stereocenters. The highest BCUT2D eigenvalue weighted by atomic mass is 16.3. The second-order valence-electron chi connectivity index (χ2n) is 4.72. The zero-order valence-electron chi connectivity index (χ0n) is 10.4. The minimum atomic E-state index is -0.354. The highest BCUT2D eigenvalue weighted by molar-refractivity contribution is 6.03. The molecule has 1 aliphatic heterocycles. The van der Waals surface area contributed by atoms with Gasteiger partial charge in [-0.25, -0.2) is 0 Å². The van der Waals surface area contributed by atoms with Gasteiger partial charge in [0.05, 0.1) is 6.61 Å². The summed E-state index contributed by atoms with van der Waals surface area (Å²) in [6.07, 6.45) is 0. The van der Waals surface area contributed by atoms with E-state index in [1.165, 1.54) is 0 Å². The second-order valence-corrected chi connectivity index (χ2v) is 4.72. The molecule has 1 aliphatic rings. The molecule has 17 heavy (non-hydrogen) atoms. The first-order chi connectivity index (χ1) is 8.02. The molecule has 0 bridgehead atoms. The quantitative estimate of drug-likeness (QED) is 0.738. The predicted octanol–water partition coefficient (Wildman–Crippen LogP) is 1.27. The van der Waals surface area contributed by atoms with Gasteiger partial charge in [-0.1, -0.05) is 6.07 Å². The number of hydrogen-bond donors (Lipinski definition) is 3. The summed E-state index contributed by atoms with van der Waals surface area (Å²) < 4.78 is 0. The molecule has 2 unspecified atom stereocenters. The summed E-state index contributed by atoms with van der Waals surface area (Å²) in [6, 6.07) is 3.59. The van der Waals surface area contributed by atoms with Crippen LogP contribution in [-0.4, -0.2) is 23.7 Å². The number of nitrogens with one attached hydrogen (secondary N) is 2. The van der Waals surface area contributed by atoms with Crippen molar-refractivity contribution in [2.75, 3.05) is 11.9 Å². The largest absolute Gasteiger partial charge is 0.395 e. The predicted molar refractivity (Wildman–Crippen MR) is 67.0 cm³/mol. The van der Waals surface area contributed by atoms with Crippen molar-refractivity contribution in [1.82, 2.24) is 5.32 Å². The third-order valence-corrected chi connectivity index (χ3v) is 3.06. The number of benzene rings is 1. The van der Waals surface area contributed by atoms with E-state index in [-0.39, 0.29) is 24.6 Å². The zero-order chi connectivity index (χ0) is 12.6. The van der Waals surface area contributed by atoms with E-state index in [4.69, 9.17) is 5.11 Å². The van der Waals surface area contributed by atoms with Crippen molar-refractivity contribution in [2.24, 2.45) is 0 Å². The first kappa shape index (κ1) is 12.1. The zero-order valence-corrected chi connectivity index (χ0v) is 10.4. The molecule has 1 amide bonds. The monoisotopic (exact) mass is 234 g/mol. The molecule has 0 aliphatic carbocycles. The van der Waals surface area contributed by atoms with Crippen LogP contribution in [0.4, 0.5) is 5.69 Å². The van der Waals surface area contributed by atoms with Gasteiger partial charge in [-0.3, -0.25) is 10.1 Å². The second kappa shape index (κ2) is 4.47. The van der Waals surface area contributed by atoms with Crippen LogP contribution in [0.1, 0.15) is 29.7 Å². The van der Waals surface area contributed by atoms with Crippen molar-refractivity contribution < 1.29 is 9.90 Å². The maximum absolute atomic E-state index is 11.9. The fourth-order valence-corrected chi connectivity index (χ4v) is 2.30. The number of aliphatic hydroxyl groups is 1. The van der Waals surface area contributed by atoms with Crippen molar-refractivity contribution in [1.29, 1.82) is 0 Å². The minimum Gasteiger partial charge on any atom is -0.395 e. The number of aliphatic hydroxyl groups excluding tert-OH is 1. The van der Waals surface area contributed by atoms with Crippen LogP contribution in [0.25, 0.3) is 0 Å². The van der Waals surface area contributed by atoms with E-state index < -0.39 is 0 Å². The number of carbonyl (C=O) groups excluding carboxylic acids is 1. The Kier molecular flexibility index (Phi) is 3.17. The number of amides is 1. The van der Waals surface area contributed by atoms with Gasteiger partial charge in [-0.15, -0.1) is 0 Å². The van der Waals surface area contributed by atoms with Crippen molar-refractivity contribution >= 4 is 11.6 Å². The van der Waals surface area contributed by atoms with Gasteiger partial charge < -0.3 is 10.4 Å². The average molecular weight is 234 g/mol. The van der Waals surface area contributed by atoms with E-state index in [0.29, 0.717) is 0 Å². The summed E-state index contributed by atoms with van der Waals surface area (Å²) in [5, 5.41) is 15.1. The lowest BCUT2D eigenvalue weighted by molar-refractivity contribution is -0.117. The van der Waals surface area contributed by atoms with Gasteiger partial charge in [0.2, 0.25) is 5.91 Å². The average Bonchev–Trinajstić information content (AvgIpc) is 2.55. The minimum absolute atomic E-state index is 0.0179. The Morgan fingerprint density at radius 1 is 1.47 bits per heavy atom. The van der Waals surface area contributed by atoms with Crippen LogP contribution in [0.5, 0.6) is 0 Å². The van der Waals surface area contributed by atoms with Crippen LogP contribution in [0.2, 0.25) is 0 Å². The number of hydrogen-bond acceptors (Lipinski definition) is 3. The van der Waals surface area contributed by atoms with Gasteiger partial charge in [-0.2, -0.15) is 0 Å². The Morgan fingerprint density at radius 3 is 2.82 bits per heavy atom. The van der Waals surface area contributed by atoms with Crippen molar-refractivity contribution in [3.63, 3.8) is 0 Å². The van der Waals surface area contributed by atoms with Crippen LogP contribution in [-0.2, 0) is 4.79 Å². The van der Waals surface area contributed by atoms with Gasteiger partial charge in [0.1, 0.15) is 6.04 Å². The Bertz CT molecular complexity index is 457. The molecule has 0 radical (unpaired) electrons. The number of fused-ring (bicyclic) bond motifs is 1. The molecule has 4 heteroatoms. The highest BCUT2D eigenvalue weighted by Gasteiger charge is 2.32. The molecule has 0 aromatic heterocycles. The Balaban J connectivity index is 2.36. The maximum Gasteiger partial charge on any atom is 0.246 e. The van der Waals surface area contributed by atoms with Gasteiger partial charge in [0.15, 0.2) is 0 Å². The SMILES string of the molecule is Cc1cc(C)c2c(c1)NC(=O)C2NC(C)CO. The lowest BCUT2D eigenvalue weighted by Gasteiger charge is -2.17. The molecule has 0 saturated carbocycles. The standard InChI is InChI=1S/C13H18N2O2/c1-7-4-8(2)11-10(5-7)15-13(17)12(11)14-9(3)6-16/h4-5,9,12,14,16H,6H2,1-3H3,(H,15,17). The fourth-order valence-electron chi connectivity index (χ4n) is 2.30. The van der Waals surface area contributed by atoms with E-state index in [1.54, 1.807) is 0 Å². The molecule has 1 aromatic carbocycles. The molecular weight excluding hydrogens is 216 g/mol. The molecule has 92 valence electrons. The van der Waals surface area contributed by atoms with Gasteiger partial charge in [-0.05, 0) is 38.0 Å². The molecule has 1 aromatic rings. The van der Waals surface area contributed by atoms with Crippen molar-refractivity contribution in [3.05, 3.63) is 28.8 Å². The van der Waals surface area contributed by atoms with Crippen molar-refractivity contribution in [2.45, 2.75) is 32.9 Å². The number of aryl methyl sites for hydroxylation is 2. The first-order valence-corrected chi connectivity index (χ1v) is 5.82. The van der Waals surface area contributed by atoms with Crippen LogP contribution >= 0.6 is 0 Å².